The van der Waals surface area contributed by atoms with Gasteiger partial charge >= 0.3 is 0 Å². The number of nitrogens with zero attached hydrogens (tertiary/aromatic N) is 1. The van der Waals surface area contributed by atoms with Crippen molar-refractivity contribution < 1.29 is 4.79 Å². The summed E-state index contributed by atoms with van der Waals surface area (Å²) in [6.45, 7) is 3.48. The summed E-state index contributed by atoms with van der Waals surface area (Å²) in [6, 6.07) is 16.6. The van der Waals surface area contributed by atoms with E-state index in [9.17, 15) is 4.79 Å². The van der Waals surface area contributed by atoms with Gasteiger partial charge in [0.1, 0.15) is 0 Å². The number of rotatable bonds is 6. The van der Waals surface area contributed by atoms with Crippen LogP contribution in [0.15, 0.2) is 60.1 Å². The van der Waals surface area contributed by atoms with Gasteiger partial charge in [-0.2, -0.15) is 0 Å². The Morgan fingerprint density at radius 1 is 1.17 bits per heavy atom. The molecule has 0 fully saturated rings. The lowest BCUT2D eigenvalue weighted by molar-refractivity contribution is -0.120. The van der Waals surface area contributed by atoms with Crippen molar-refractivity contribution in [3.05, 3.63) is 81.8 Å². The standard InChI is InChI=1S/C19H20N2OS/c1-15-5-2-6-16(11-15)14-21-9-3-7-17(21)13-20-19(22)12-18-8-4-10-23-18/h2-11H,12-14H2,1H3,(H,20,22). The molecule has 0 radical (unpaired) electrons. The van der Waals surface area contributed by atoms with Gasteiger partial charge in [-0.1, -0.05) is 35.9 Å². The molecule has 23 heavy (non-hydrogen) atoms. The van der Waals surface area contributed by atoms with Crippen LogP contribution in [0.1, 0.15) is 21.7 Å². The number of amides is 1. The van der Waals surface area contributed by atoms with E-state index in [1.165, 1.54) is 11.1 Å². The van der Waals surface area contributed by atoms with Crippen LogP contribution in [-0.2, 0) is 24.3 Å². The normalized spacial score (nSPS) is 10.7. The van der Waals surface area contributed by atoms with E-state index in [1.807, 2.05) is 23.6 Å². The first-order chi connectivity index (χ1) is 11.2. The average molecular weight is 324 g/mol. The molecule has 3 rings (SSSR count). The first-order valence-corrected chi connectivity index (χ1v) is 8.57. The molecule has 1 amide bonds. The fourth-order valence-electron chi connectivity index (χ4n) is 2.59. The van der Waals surface area contributed by atoms with Crippen LogP contribution in [0, 0.1) is 6.92 Å². The predicted molar refractivity (Wildman–Crippen MR) is 94.6 cm³/mol. The van der Waals surface area contributed by atoms with Crippen molar-refractivity contribution >= 4 is 17.2 Å². The Morgan fingerprint density at radius 2 is 2.09 bits per heavy atom. The molecule has 0 bridgehead atoms. The molecular formula is C19H20N2OS. The number of benzene rings is 1. The minimum atomic E-state index is 0.0655. The molecule has 118 valence electrons. The topological polar surface area (TPSA) is 34.0 Å². The molecule has 0 saturated heterocycles. The highest BCUT2D eigenvalue weighted by atomic mass is 32.1. The van der Waals surface area contributed by atoms with E-state index in [4.69, 9.17) is 0 Å². The highest BCUT2D eigenvalue weighted by Crippen LogP contribution is 2.11. The van der Waals surface area contributed by atoms with Crippen LogP contribution in [0.2, 0.25) is 0 Å². The minimum Gasteiger partial charge on any atom is -0.350 e. The van der Waals surface area contributed by atoms with E-state index < -0.39 is 0 Å². The van der Waals surface area contributed by atoms with Crippen LogP contribution in [0.5, 0.6) is 0 Å². The van der Waals surface area contributed by atoms with E-state index in [0.717, 1.165) is 17.1 Å². The third-order valence-electron chi connectivity index (χ3n) is 3.74. The molecule has 0 aliphatic heterocycles. The summed E-state index contributed by atoms with van der Waals surface area (Å²) in [5.74, 6) is 0.0655. The maximum absolute atomic E-state index is 12.0. The number of aromatic nitrogens is 1. The second-order valence-electron chi connectivity index (χ2n) is 5.65. The van der Waals surface area contributed by atoms with Crippen molar-refractivity contribution in [3.8, 4) is 0 Å². The predicted octanol–water partition coefficient (Wildman–Crippen LogP) is 3.77. The molecule has 0 unspecified atom stereocenters. The molecule has 0 spiro atoms. The lowest BCUT2D eigenvalue weighted by Gasteiger charge is -2.11. The summed E-state index contributed by atoms with van der Waals surface area (Å²) < 4.78 is 2.18. The Morgan fingerprint density at radius 3 is 2.87 bits per heavy atom. The minimum absolute atomic E-state index is 0.0655. The van der Waals surface area contributed by atoms with Crippen LogP contribution in [0.4, 0.5) is 0 Å². The van der Waals surface area contributed by atoms with Crippen molar-refractivity contribution in [2.45, 2.75) is 26.4 Å². The van der Waals surface area contributed by atoms with Gasteiger partial charge in [0.05, 0.1) is 13.0 Å². The largest absolute Gasteiger partial charge is 0.350 e. The number of hydrogen-bond acceptors (Lipinski definition) is 2. The molecule has 0 aliphatic rings. The van der Waals surface area contributed by atoms with Gasteiger partial charge in [0.15, 0.2) is 0 Å². The number of carbonyl (C=O) groups excluding carboxylic acids is 1. The van der Waals surface area contributed by atoms with Crippen LogP contribution in [0.3, 0.4) is 0 Å². The summed E-state index contributed by atoms with van der Waals surface area (Å²) in [5.41, 5.74) is 3.65. The molecule has 2 aromatic heterocycles. The third-order valence-corrected chi connectivity index (χ3v) is 4.62. The maximum atomic E-state index is 12.0. The molecule has 0 saturated carbocycles. The highest BCUT2D eigenvalue weighted by Gasteiger charge is 2.07. The maximum Gasteiger partial charge on any atom is 0.225 e. The Bertz CT molecular complexity index is 774. The van der Waals surface area contributed by atoms with Crippen LogP contribution < -0.4 is 5.32 Å². The number of thiophene rings is 1. The van der Waals surface area contributed by atoms with Gasteiger partial charge in [0.25, 0.3) is 0 Å². The summed E-state index contributed by atoms with van der Waals surface area (Å²) in [7, 11) is 0. The molecule has 3 nitrogen and oxygen atoms in total. The SMILES string of the molecule is Cc1cccc(Cn2cccc2CNC(=O)Cc2cccs2)c1. The first-order valence-electron chi connectivity index (χ1n) is 7.69. The van der Waals surface area contributed by atoms with Gasteiger partial charge in [-0.15, -0.1) is 11.3 Å². The zero-order chi connectivity index (χ0) is 16.1. The number of hydrogen-bond donors (Lipinski definition) is 1. The van der Waals surface area contributed by atoms with Crippen molar-refractivity contribution in [1.82, 2.24) is 9.88 Å². The summed E-state index contributed by atoms with van der Waals surface area (Å²) in [4.78, 5) is 13.1. The fourth-order valence-corrected chi connectivity index (χ4v) is 3.30. The summed E-state index contributed by atoms with van der Waals surface area (Å²) in [5, 5.41) is 5.00. The lowest BCUT2D eigenvalue weighted by Crippen LogP contribution is -2.25. The molecular weight excluding hydrogens is 304 g/mol. The van der Waals surface area contributed by atoms with Crippen molar-refractivity contribution in [2.24, 2.45) is 0 Å². The Hall–Kier alpha value is -2.33. The fraction of sp³-hybridized carbons (Fsp3) is 0.211. The van der Waals surface area contributed by atoms with Gasteiger partial charge in [0.2, 0.25) is 5.91 Å². The highest BCUT2D eigenvalue weighted by molar-refractivity contribution is 7.10. The Labute approximate surface area is 140 Å². The monoisotopic (exact) mass is 324 g/mol. The number of nitrogens with one attached hydrogen (secondary N) is 1. The number of aryl methyl sites for hydroxylation is 1. The van der Waals surface area contributed by atoms with E-state index in [1.54, 1.807) is 11.3 Å². The van der Waals surface area contributed by atoms with Gasteiger partial charge in [-0.05, 0) is 36.1 Å². The second kappa shape index (κ2) is 7.29. The zero-order valence-corrected chi connectivity index (χ0v) is 14.0. The van der Waals surface area contributed by atoms with Gasteiger partial charge in [-0.3, -0.25) is 4.79 Å². The lowest BCUT2D eigenvalue weighted by atomic mass is 10.1. The second-order valence-corrected chi connectivity index (χ2v) is 6.68. The van der Waals surface area contributed by atoms with Crippen molar-refractivity contribution in [3.63, 3.8) is 0 Å². The van der Waals surface area contributed by atoms with Gasteiger partial charge < -0.3 is 9.88 Å². The first kappa shape index (κ1) is 15.6. The van der Waals surface area contributed by atoms with Crippen molar-refractivity contribution in [1.29, 1.82) is 0 Å². The van der Waals surface area contributed by atoms with E-state index >= 15 is 0 Å². The van der Waals surface area contributed by atoms with Crippen LogP contribution in [0.25, 0.3) is 0 Å². The van der Waals surface area contributed by atoms with E-state index in [-0.39, 0.29) is 5.91 Å². The van der Waals surface area contributed by atoms with Gasteiger partial charge in [-0.25, -0.2) is 0 Å². The molecule has 0 atom stereocenters. The summed E-state index contributed by atoms with van der Waals surface area (Å²) in [6.07, 6.45) is 2.51. The van der Waals surface area contributed by atoms with E-state index in [2.05, 4.69) is 53.3 Å². The molecule has 0 aliphatic carbocycles. The third kappa shape index (κ3) is 4.33. The number of carbonyl (C=O) groups is 1. The smallest absolute Gasteiger partial charge is 0.225 e. The van der Waals surface area contributed by atoms with E-state index in [0.29, 0.717) is 13.0 Å². The molecule has 3 aromatic rings. The molecule has 4 heteroatoms. The van der Waals surface area contributed by atoms with Crippen LogP contribution in [-0.4, -0.2) is 10.5 Å². The van der Waals surface area contributed by atoms with Crippen molar-refractivity contribution in [2.75, 3.05) is 0 Å². The Kier molecular flexibility index (Phi) is 4.93. The average Bonchev–Trinajstić information content (AvgIpc) is 3.17. The van der Waals surface area contributed by atoms with Crippen LogP contribution >= 0.6 is 11.3 Å². The zero-order valence-electron chi connectivity index (χ0n) is 13.2. The summed E-state index contributed by atoms with van der Waals surface area (Å²) >= 11 is 1.61. The molecule has 1 aromatic carbocycles. The Balaban J connectivity index is 1.59. The molecule has 2 heterocycles. The quantitative estimate of drug-likeness (QED) is 0.736. The van der Waals surface area contributed by atoms with Gasteiger partial charge in [0, 0.05) is 23.3 Å². The molecule has 1 N–H and O–H groups in total.